The number of unbranched alkanes of at least 4 members (excludes halogenated alkanes) is 3. The normalized spacial score (nSPS) is 13.2. The van der Waals surface area contributed by atoms with Crippen LogP contribution in [0.5, 0.6) is 5.75 Å². The number of aromatic amines is 1. The summed E-state index contributed by atoms with van der Waals surface area (Å²) in [6.45, 7) is 12.7. The number of benzene rings is 3. The average molecular weight is 665 g/mol. The van der Waals surface area contributed by atoms with E-state index in [0.717, 1.165) is 48.7 Å². The van der Waals surface area contributed by atoms with Crippen LogP contribution in [0.1, 0.15) is 69.2 Å². The van der Waals surface area contributed by atoms with Crippen LogP contribution in [0.15, 0.2) is 89.7 Å². The van der Waals surface area contributed by atoms with Crippen molar-refractivity contribution in [2.24, 2.45) is 0 Å². The molecular formula is C38H50F2N2O4Si. The maximum Gasteiger partial charge on any atom is 0.296 e. The quantitative estimate of drug-likeness (QED) is 0.0820. The molecule has 1 heterocycles. The van der Waals surface area contributed by atoms with Gasteiger partial charge in [-0.3, -0.25) is 4.79 Å². The fourth-order valence-electron chi connectivity index (χ4n) is 5.14. The number of pyridine rings is 1. The van der Waals surface area contributed by atoms with E-state index >= 15 is 0 Å². The maximum absolute atomic E-state index is 14.3. The molecule has 47 heavy (non-hydrogen) atoms. The first-order valence-electron chi connectivity index (χ1n) is 16.6. The zero-order chi connectivity index (χ0) is 33.9. The fraction of sp³-hybridized carbons (Fsp3) is 0.447. The van der Waals surface area contributed by atoms with Crippen molar-refractivity contribution < 1.29 is 22.7 Å². The number of ether oxygens (including phenoxy) is 2. The molecule has 6 nitrogen and oxygen atoms in total. The van der Waals surface area contributed by atoms with Gasteiger partial charge in [-0.15, -0.1) is 0 Å². The lowest BCUT2D eigenvalue weighted by molar-refractivity contribution is -0.0831. The molecule has 0 saturated carbocycles. The van der Waals surface area contributed by atoms with Gasteiger partial charge in [0.15, 0.2) is 8.32 Å². The van der Waals surface area contributed by atoms with Crippen LogP contribution < -0.4 is 15.6 Å². The van der Waals surface area contributed by atoms with Gasteiger partial charge in [-0.1, -0.05) is 100 Å². The number of alkyl halides is 2. The van der Waals surface area contributed by atoms with Crippen LogP contribution in [0.2, 0.25) is 18.1 Å². The molecule has 0 saturated heterocycles. The lowest BCUT2D eigenvalue weighted by Crippen LogP contribution is -2.43. The molecule has 0 bridgehead atoms. The van der Waals surface area contributed by atoms with Gasteiger partial charge in [-0.2, -0.15) is 8.78 Å². The Morgan fingerprint density at radius 1 is 0.851 bits per heavy atom. The van der Waals surface area contributed by atoms with Gasteiger partial charge in [-0.25, -0.2) is 0 Å². The molecule has 2 N–H and O–H groups in total. The van der Waals surface area contributed by atoms with Crippen molar-refractivity contribution in [2.45, 2.75) is 83.2 Å². The third-order valence-electron chi connectivity index (χ3n) is 8.92. The number of halogens is 2. The van der Waals surface area contributed by atoms with Crippen LogP contribution in [-0.2, 0) is 21.7 Å². The minimum atomic E-state index is -2.98. The summed E-state index contributed by atoms with van der Waals surface area (Å²) in [5.41, 5.74) is 2.51. The summed E-state index contributed by atoms with van der Waals surface area (Å²) in [5.74, 6) is -2.36. The summed E-state index contributed by atoms with van der Waals surface area (Å²) in [7, 11) is -2.16. The molecule has 0 spiro atoms. The predicted molar refractivity (Wildman–Crippen MR) is 189 cm³/mol. The molecule has 254 valence electrons. The summed E-state index contributed by atoms with van der Waals surface area (Å²) in [5, 5.41) is 4.52. The lowest BCUT2D eigenvalue weighted by Gasteiger charge is -2.39. The SMILES string of the molecule is CC(C)(C)[Si](C)(C)OC(CNCCCCCCOCC(F)(F)c1ccccc1)c1ccc(OCc2ccccc2)c2[nH]c(=O)ccc12. The number of hydrogen-bond acceptors (Lipinski definition) is 5. The van der Waals surface area contributed by atoms with Gasteiger partial charge in [0.2, 0.25) is 5.56 Å². The highest BCUT2D eigenvalue weighted by Crippen LogP contribution is 2.41. The van der Waals surface area contributed by atoms with Gasteiger partial charge in [0, 0.05) is 30.2 Å². The minimum Gasteiger partial charge on any atom is -0.487 e. The molecule has 0 aliphatic carbocycles. The van der Waals surface area contributed by atoms with Crippen LogP contribution in [0.3, 0.4) is 0 Å². The summed E-state index contributed by atoms with van der Waals surface area (Å²) >= 11 is 0. The van der Waals surface area contributed by atoms with Crippen LogP contribution in [0, 0.1) is 0 Å². The smallest absolute Gasteiger partial charge is 0.296 e. The molecule has 0 fully saturated rings. The highest BCUT2D eigenvalue weighted by molar-refractivity contribution is 6.74. The summed E-state index contributed by atoms with van der Waals surface area (Å²) in [6, 6.07) is 25.1. The van der Waals surface area contributed by atoms with E-state index in [1.54, 1.807) is 24.3 Å². The van der Waals surface area contributed by atoms with Crippen molar-refractivity contribution in [3.8, 4) is 5.75 Å². The maximum atomic E-state index is 14.3. The number of aromatic nitrogens is 1. The van der Waals surface area contributed by atoms with E-state index in [-0.39, 0.29) is 22.3 Å². The monoisotopic (exact) mass is 664 g/mol. The van der Waals surface area contributed by atoms with E-state index in [0.29, 0.717) is 31.0 Å². The summed E-state index contributed by atoms with van der Waals surface area (Å²) in [6.07, 6.45) is 3.34. The van der Waals surface area contributed by atoms with Crippen LogP contribution in [-0.4, -0.2) is 39.6 Å². The molecule has 4 rings (SSSR count). The Bertz CT molecular complexity index is 1590. The third-order valence-corrected chi connectivity index (χ3v) is 13.4. The topological polar surface area (TPSA) is 72.6 Å². The van der Waals surface area contributed by atoms with Crippen molar-refractivity contribution in [1.29, 1.82) is 0 Å². The second-order valence-electron chi connectivity index (χ2n) is 13.6. The Hall–Kier alpha value is -3.37. The second kappa shape index (κ2) is 16.6. The first kappa shape index (κ1) is 36.5. The van der Waals surface area contributed by atoms with Crippen molar-refractivity contribution in [3.05, 3.63) is 112 Å². The first-order chi connectivity index (χ1) is 22.4. The lowest BCUT2D eigenvalue weighted by atomic mass is 10.0. The predicted octanol–water partition coefficient (Wildman–Crippen LogP) is 9.13. The van der Waals surface area contributed by atoms with Crippen molar-refractivity contribution in [2.75, 3.05) is 26.3 Å². The Balaban J connectivity index is 1.34. The minimum absolute atomic E-state index is 0.0151. The van der Waals surface area contributed by atoms with Gasteiger partial charge in [0.25, 0.3) is 5.92 Å². The molecular weight excluding hydrogens is 615 g/mol. The molecule has 1 aromatic heterocycles. The summed E-state index contributed by atoms with van der Waals surface area (Å²) < 4.78 is 47.1. The number of rotatable bonds is 18. The summed E-state index contributed by atoms with van der Waals surface area (Å²) in [4.78, 5) is 15.4. The van der Waals surface area contributed by atoms with Gasteiger partial charge in [0.05, 0.1) is 11.6 Å². The number of H-pyrrole nitrogens is 1. The number of fused-ring (bicyclic) bond motifs is 1. The zero-order valence-electron chi connectivity index (χ0n) is 28.4. The molecule has 4 aromatic rings. The molecule has 0 radical (unpaired) electrons. The van der Waals surface area contributed by atoms with Gasteiger partial charge < -0.3 is 24.2 Å². The largest absolute Gasteiger partial charge is 0.487 e. The Kier molecular flexibility index (Phi) is 12.9. The van der Waals surface area contributed by atoms with E-state index in [1.165, 1.54) is 12.1 Å². The van der Waals surface area contributed by atoms with E-state index in [9.17, 15) is 13.6 Å². The molecule has 0 aliphatic heterocycles. The van der Waals surface area contributed by atoms with E-state index in [1.807, 2.05) is 42.5 Å². The Labute approximate surface area is 279 Å². The average Bonchev–Trinajstić information content (AvgIpc) is 3.04. The van der Waals surface area contributed by atoms with Gasteiger partial charge in [-0.05, 0) is 60.8 Å². The van der Waals surface area contributed by atoms with Crippen molar-refractivity contribution in [1.82, 2.24) is 10.3 Å². The van der Waals surface area contributed by atoms with Gasteiger partial charge >= 0.3 is 0 Å². The van der Waals surface area contributed by atoms with Crippen LogP contribution in [0.25, 0.3) is 10.9 Å². The number of nitrogens with one attached hydrogen (secondary N) is 2. The molecule has 0 amide bonds. The van der Waals surface area contributed by atoms with Crippen molar-refractivity contribution >= 4 is 19.2 Å². The zero-order valence-corrected chi connectivity index (χ0v) is 29.4. The standard InChI is InChI=1S/C38H50F2N2O4Si/c1-37(2,3)47(4,5)46-34(26-41-24-14-6-7-15-25-44-28-38(39,40)30-18-12-9-13-19-30)31-20-22-33(36-32(31)21-23-35(43)42-36)45-27-29-16-10-8-11-17-29/h8-13,16-23,34,41H,6-7,14-15,24-28H2,1-5H3,(H,42,43). The number of hydrogen-bond donors (Lipinski definition) is 2. The Morgan fingerprint density at radius 3 is 2.23 bits per heavy atom. The third kappa shape index (κ3) is 10.6. The molecule has 1 atom stereocenters. The van der Waals surface area contributed by atoms with Crippen LogP contribution in [0.4, 0.5) is 8.78 Å². The molecule has 9 heteroatoms. The second-order valence-corrected chi connectivity index (χ2v) is 18.4. The molecule has 0 aliphatic rings. The van der Waals surface area contributed by atoms with Gasteiger partial charge in [0.1, 0.15) is 19.0 Å². The Morgan fingerprint density at radius 2 is 1.53 bits per heavy atom. The van der Waals surface area contributed by atoms with Crippen molar-refractivity contribution in [3.63, 3.8) is 0 Å². The highest BCUT2D eigenvalue weighted by atomic mass is 28.4. The highest BCUT2D eigenvalue weighted by Gasteiger charge is 2.39. The van der Waals surface area contributed by atoms with Crippen LogP contribution >= 0.6 is 0 Å². The molecule has 1 unspecified atom stereocenters. The van der Waals surface area contributed by atoms with E-state index in [4.69, 9.17) is 13.9 Å². The molecule has 3 aromatic carbocycles. The fourth-order valence-corrected chi connectivity index (χ4v) is 6.41. The van der Waals surface area contributed by atoms with E-state index in [2.05, 4.69) is 50.2 Å². The van der Waals surface area contributed by atoms with E-state index < -0.39 is 20.8 Å². The first-order valence-corrected chi connectivity index (χ1v) is 19.5.